The number of carbonyl (C=O) groups is 2. The van der Waals surface area contributed by atoms with E-state index >= 15 is 0 Å². The monoisotopic (exact) mass is 535 g/mol. The maximum Gasteiger partial charge on any atom is 0.246 e. The fourth-order valence-electron chi connectivity index (χ4n) is 8.49. The number of rotatable bonds is 11. The number of hydrogen-bond acceptors (Lipinski definition) is 3. The van der Waals surface area contributed by atoms with Gasteiger partial charge >= 0.3 is 0 Å². The average molecular weight is 536 g/mol. The zero-order chi connectivity index (χ0) is 27.6. The summed E-state index contributed by atoms with van der Waals surface area (Å²) in [7, 11) is 0. The predicted molar refractivity (Wildman–Crippen MR) is 158 cm³/mol. The Morgan fingerprint density at radius 3 is 2.36 bits per heavy atom. The molecule has 3 saturated carbocycles. The van der Waals surface area contributed by atoms with Gasteiger partial charge in [-0.1, -0.05) is 70.9 Å². The van der Waals surface area contributed by atoms with Crippen molar-refractivity contribution in [2.24, 2.45) is 29.1 Å². The highest BCUT2D eigenvalue weighted by Gasteiger charge is 2.58. The standard InChI is InChI=1S/C34H53N3O2/c1-25(2)22-30-31(38)37(24-27-15-16-28-23-29(27)33(28,3)4)34(32(39)35-30)17-20-36(21-18-34)19-11-6-5-8-12-26-13-9-7-10-14-26/h7,9-10,13-14,25,27-30H,5-6,8,11-12,15-24H2,1-4H3,(H,35,39)/t27-,28+,29+,30+/m1/s1. The molecule has 1 N–H and O–H groups in total. The van der Waals surface area contributed by atoms with E-state index in [-0.39, 0.29) is 17.9 Å². The first-order valence-corrected chi connectivity index (χ1v) is 16.1. The molecule has 6 rings (SSSR count). The second-order valence-corrected chi connectivity index (χ2v) is 14.3. The molecule has 2 saturated heterocycles. The zero-order valence-corrected chi connectivity index (χ0v) is 25.1. The summed E-state index contributed by atoms with van der Waals surface area (Å²) in [5, 5.41) is 3.21. The fraction of sp³-hybridized carbons (Fsp3) is 0.765. The minimum absolute atomic E-state index is 0.120. The van der Waals surface area contributed by atoms with Gasteiger partial charge in [-0.2, -0.15) is 0 Å². The lowest BCUT2D eigenvalue weighted by molar-refractivity contribution is -0.168. The van der Waals surface area contributed by atoms with E-state index in [4.69, 9.17) is 0 Å². The molecule has 1 spiro atoms. The number of nitrogens with zero attached hydrogens (tertiary/aromatic N) is 2. The van der Waals surface area contributed by atoms with Crippen LogP contribution in [0.3, 0.4) is 0 Å². The Morgan fingerprint density at radius 1 is 0.974 bits per heavy atom. The summed E-state index contributed by atoms with van der Waals surface area (Å²) in [6, 6.07) is 10.4. The fourth-order valence-corrected chi connectivity index (χ4v) is 8.49. The van der Waals surface area contributed by atoms with Crippen molar-refractivity contribution in [1.29, 1.82) is 0 Å². The third-order valence-electron chi connectivity index (χ3n) is 11.2. The van der Waals surface area contributed by atoms with E-state index in [1.54, 1.807) is 0 Å². The lowest BCUT2D eigenvalue weighted by Crippen LogP contribution is -2.74. The van der Waals surface area contributed by atoms with Crippen molar-refractivity contribution in [3.63, 3.8) is 0 Å². The molecule has 5 fully saturated rings. The summed E-state index contributed by atoms with van der Waals surface area (Å²) in [6.07, 6.45) is 12.3. The van der Waals surface area contributed by atoms with Gasteiger partial charge in [0.1, 0.15) is 11.6 Å². The molecule has 216 valence electrons. The summed E-state index contributed by atoms with van der Waals surface area (Å²) < 4.78 is 0. The molecule has 5 aliphatic rings. The average Bonchev–Trinajstić information content (AvgIpc) is 2.93. The van der Waals surface area contributed by atoms with Crippen LogP contribution in [0, 0.1) is 29.1 Å². The summed E-state index contributed by atoms with van der Waals surface area (Å²) >= 11 is 0. The van der Waals surface area contributed by atoms with Crippen LogP contribution >= 0.6 is 0 Å². The van der Waals surface area contributed by atoms with Gasteiger partial charge in [-0.3, -0.25) is 9.59 Å². The van der Waals surface area contributed by atoms with Crippen molar-refractivity contribution in [2.75, 3.05) is 26.2 Å². The largest absolute Gasteiger partial charge is 0.342 e. The summed E-state index contributed by atoms with van der Waals surface area (Å²) in [4.78, 5) is 32.5. The summed E-state index contributed by atoms with van der Waals surface area (Å²) in [5.74, 6) is 2.76. The Hall–Kier alpha value is -1.88. The van der Waals surface area contributed by atoms with E-state index in [0.29, 0.717) is 23.2 Å². The number of piperazine rings is 1. The van der Waals surface area contributed by atoms with Crippen LogP contribution in [0.1, 0.15) is 97.5 Å². The number of hydrogen-bond donors (Lipinski definition) is 1. The van der Waals surface area contributed by atoms with E-state index in [0.717, 1.165) is 51.4 Å². The van der Waals surface area contributed by atoms with Crippen molar-refractivity contribution >= 4 is 11.8 Å². The van der Waals surface area contributed by atoms with Gasteiger partial charge in [-0.15, -0.1) is 0 Å². The first-order valence-electron chi connectivity index (χ1n) is 16.1. The van der Waals surface area contributed by atoms with Gasteiger partial charge in [0, 0.05) is 19.6 Å². The first-order chi connectivity index (χ1) is 18.7. The van der Waals surface area contributed by atoms with Crippen molar-refractivity contribution in [1.82, 2.24) is 15.1 Å². The lowest BCUT2D eigenvalue weighted by atomic mass is 9.45. The van der Waals surface area contributed by atoms with Gasteiger partial charge in [0.25, 0.3) is 0 Å². The molecule has 5 nitrogen and oxygen atoms in total. The van der Waals surface area contributed by atoms with Crippen molar-refractivity contribution in [2.45, 2.75) is 110 Å². The van der Waals surface area contributed by atoms with E-state index in [2.05, 4.69) is 73.1 Å². The molecule has 0 aromatic heterocycles. The van der Waals surface area contributed by atoms with Gasteiger partial charge in [0.15, 0.2) is 0 Å². The summed E-state index contributed by atoms with van der Waals surface area (Å²) in [5.41, 5.74) is 1.17. The van der Waals surface area contributed by atoms with Gasteiger partial charge in [-0.05, 0) is 99.0 Å². The van der Waals surface area contributed by atoms with Crippen LogP contribution in [0.2, 0.25) is 0 Å². The second-order valence-electron chi connectivity index (χ2n) is 14.3. The number of nitrogens with one attached hydrogen (secondary N) is 1. The second kappa shape index (κ2) is 11.9. The van der Waals surface area contributed by atoms with Gasteiger partial charge < -0.3 is 15.1 Å². The molecular weight excluding hydrogens is 482 g/mol. The number of unbranched alkanes of at least 4 members (excludes halogenated alkanes) is 3. The molecule has 2 bridgehead atoms. The molecule has 3 aliphatic carbocycles. The minimum atomic E-state index is -0.651. The Kier molecular flexibility index (Phi) is 8.76. The molecule has 2 aliphatic heterocycles. The maximum atomic E-state index is 14.0. The highest BCUT2D eigenvalue weighted by atomic mass is 16.2. The zero-order valence-electron chi connectivity index (χ0n) is 25.1. The number of piperidine rings is 1. The predicted octanol–water partition coefficient (Wildman–Crippen LogP) is 6.07. The van der Waals surface area contributed by atoms with Crippen LogP contribution in [0.25, 0.3) is 0 Å². The van der Waals surface area contributed by atoms with Gasteiger partial charge in [-0.25, -0.2) is 0 Å². The number of fused-ring (bicyclic) bond motifs is 2. The first kappa shape index (κ1) is 28.6. The molecule has 1 aromatic rings. The minimum Gasteiger partial charge on any atom is -0.342 e. The topological polar surface area (TPSA) is 52.7 Å². The van der Waals surface area contributed by atoms with Crippen LogP contribution in [0.5, 0.6) is 0 Å². The molecule has 1 aromatic carbocycles. The van der Waals surface area contributed by atoms with E-state index in [1.165, 1.54) is 56.9 Å². The van der Waals surface area contributed by atoms with Crippen molar-refractivity contribution in [3.8, 4) is 0 Å². The molecular formula is C34H53N3O2. The Morgan fingerprint density at radius 2 is 1.69 bits per heavy atom. The molecule has 0 unspecified atom stereocenters. The van der Waals surface area contributed by atoms with Crippen LogP contribution in [0.15, 0.2) is 30.3 Å². The Labute approximate surface area is 237 Å². The van der Waals surface area contributed by atoms with E-state index in [9.17, 15) is 9.59 Å². The summed E-state index contributed by atoms with van der Waals surface area (Å²) in [6.45, 7) is 12.9. The number of aryl methyl sites for hydroxylation is 1. The van der Waals surface area contributed by atoms with Crippen LogP contribution in [0.4, 0.5) is 0 Å². The van der Waals surface area contributed by atoms with Crippen molar-refractivity contribution < 1.29 is 9.59 Å². The molecule has 5 heteroatoms. The normalized spacial score (nSPS) is 29.9. The van der Waals surface area contributed by atoms with Crippen molar-refractivity contribution in [3.05, 3.63) is 35.9 Å². The number of likely N-dealkylation sites (tertiary alicyclic amines) is 1. The maximum absolute atomic E-state index is 14.0. The van der Waals surface area contributed by atoms with Crippen LogP contribution < -0.4 is 5.32 Å². The van der Waals surface area contributed by atoms with Crippen LogP contribution in [-0.4, -0.2) is 59.4 Å². The number of carbonyl (C=O) groups excluding carboxylic acids is 2. The Balaban J connectivity index is 1.17. The smallest absolute Gasteiger partial charge is 0.246 e. The Bertz CT molecular complexity index is 979. The third kappa shape index (κ3) is 5.94. The third-order valence-corrected chi connectivity index (χ3v) is 11.2. The van der Waals surface area contributed by atoms with Gasteiger partial charge in [0.2, 0.25) is 11.8 Å². The highest BCUT2D eigenvalue weighted by Crippen LogP contribution is 2.61. The lowest BCUT2D eigenvalue weighted by Gasteiger charge is -2.62. The molecule has 39 heavy (non-hydrogen) atoms. The highest BCUT2D eigenvalue weighted by molar-refractivity contribution is 6.00. The molecule has 2 amide bonds. The number of benzene rings is 1. The number of amides is 2. The van der Waals surface area contributed by atoms with Gasteiger partial charge in [0.05, 0.1) is 0 Å². The quantitative estimate of drug-likeness (QED) is 0.350. The van der Waals surface area contributed by atoms with Crippen LogP contribution in [-0.2, 0) is 16.0 Å². The SMILES string of the molecule is CC(C)C[C@@H]1NC(=O)C2(CCN(CCCCCCc3ccccc3)CC2)N(C[C@H]2CC[C@H]3C[C@@H]2C3(C)C)C1=O. The molecule has 2 heterocycles. The molecule has 4 atom stereocenters. The van der Waals surface area contributed by atoms with E-state index in [1.807, 2.05) is 0 Å². The van der Waals surface area contributed by atoms with E-state index < -0.39 is 5.54 Å². The molecule has 0 radical (unpaired) electrons.